The Morgan fingerprint density at radius 3 is 2.72 bits per heavy atom. The highest BCUT2D eigenvalue weighted by Gasteiger charge is 2.14. The van der Waals surface area contributed by atoms with Crippen molar-refractivity contribution in [3.63, 3.8) is 0 Å². The number of hydrogen-bond acceptors (Lipinski definition) is 4. The zero-order valence-electron chi connectivity index (χ0n) is 14.2. The molecule has 1 heterocycles. The predicted molar refractivity (Wildman–Crippen MR) is 94.8 cm³/mol. The van der Waals surface area contributed by atoms with Gasteiger partial charge in [-0.2, -0.15) is 0 Å². The zero-order valence-corrected chi connectivity index (χ0v) is 15.1. The Kier molecular flexibility index (Phi) is 6.08. The molecule has 0 aliphatic carbocycles. The van der Waals surface area contributed by atoms with Gasteiger partial charge in [0.15, 0.2) is 16.3 Å². The third-order valence-corrected chi connectivity index (χ3v) is 4.11. The number of H-pyrrole nitrogens is 2. The number of hydrogen-bond donors (Lipinski definition) is 3. The summed E-state index contributed by atoms with van der Waals surface area (Å²) in [7, 11) is 1.39. The molecule has 3 N–H and O–H groups in total. The van der Waals surface area contributed by atoms with Crippen molar-refractivity contribution in [2.75, 3.05) is 7.11 Å². The van der Waals surface area contributed by atoms with Gasteiger partial charge in [0.25, 0.3) is 5.56 Å². The van der Waals surface area contributed by atoms with Crippen molar-refractivity contribution < 1.29 is 13.9 Å². The van der Waals surface area contributed by atoms with Crippen molar-refractivity contribution in [2.24, 2.45) is 0 Å². The van der Waals surface area contributed by atoms with Crippen LogP contribution in [0.5, 0.6) is 5.75 Å². The lowest BCUT2D eigenvalue weighted by molar-refractivity contribution is -0.121. The lowest BCUT2D eigenvalue weighted by atomic mass is 10.1. The summed E-state index contributed by atoms with van der Waals surface area (Å²) in [5.74, 6) is -0.564. The van der Waals surface area contributed by atoms with Crippen molar-refractivity contribution >= 4 is 18.1 Å². The fourth-order valence-corrected chi connectivity index (χ4v) is 2.76. The number of rotatable bonds is 6. The molecule has 0 bridgehead atoms. The van der Waals surface area contributed by atoms with Gasteiger partial charge in [-0.25, -0.2) is 4.39 Å². The molecule has 0 saturated carbocycles. The third kappa shape index (κ3) is 4.76. The number of methoxy groups -OCH3 is 1. The van der Waals surface area contributed by atoms with Gasteiger partial charge in [-0.1, -0.05) is 6.07 Å². The topological polar surface area (TPSA) is 87.0 Å². The first kappa shape index (κ1) is 18.9. The van der Waals surface area contributed by atoms with E-state index in [4.69, 9.17) is 17.0 Å². The van der Waals surface area contributed by atoms with Crippen LogP contribution in [0.4, 0.5) is 4.39 Å². The molecule has 8 heteroatoms. The molecule has 0 saturated heterocycles. The Morgan fingerprint density at radius 2 is 2.12 bits per heavy atom. The number of amides is 1. The lowest BCUT2D eigenvalue weighted by Crippen LogP contribution is -2.28. The molecular weight excluding hydrogens is 345 g/mol. The van der Waals surface area contributed by atoms with Gasteiger partial charge in [0.1, 0.15) is 0 Å². The Balaban J connectivity index is 1.99. The van der Waals surface area contributed by atoms with Crippen LogP contribution >= 0.6 is 12.2 Å². The van der Waals surface area contributed by atoms with Crippen LogP contribution in [-0.4, -0.2) is 23.0 Å². The summed E-state index contributed by atoms with van der Waals surface area (Å²) < 4.78 is 18.9. The first-order valence-corrected chi connectivity index (χ1v) is 8.17. The van der Waals surface area contributed by atoms with Gasteiger partial charge in [-0.05, 0) is 50.2 Å². The lowest BCUT2D eigenvalue weighted by Gasteiger charge is -2.15. The van der Waals surface area contributed by atoms with Gasteiger partial charge in [0.2, 0.25) is 5.91 Å². The first-order chi connectivity index (χ1) is 11.8. The minimum atomic E-state index is -0.484. The van der Waals surface area contributed by atoms with Gasteiger partial charge < -0.3 is 15.0 Å². The maximum atomic E-state index is 13.8. The molecule has 0 aliphatic heterocycles. The van der Waals surface area contributed by atoms with Crippen LogP contribution in [-0.2, 0) is 11.2 Å². The number of ether oxygens (including phenoxy) is 1. The van der Waals surface area contributed by atoms with Crippen molar-refractivity contribution in [3.05, 3.63) is 56.0 Å². The third-order valence-electron chi connectivity index (χ3n) is 3.91. The summed E-state index contributed by atoms with van der Waals surface area (Å²) in [6.45, 7) is 3.50. The first-order valence-electron chi connectivity index (χ1n) is 7.76. The second-order valence-electron chi connectivity index (χ2n) is 5.69. The van der Waals surface area contributed by atoms with Crippen molar-refractivity contribution in [1.82, 2.24) is 15.3 Å². The van der Waals surface area contributed by atoms with Crippen LogP contribution < -0.4 is 15.6 Å². The second kappa shape index (κ2) is 8.06. The fraction of sp³-hybridized carbons (Fsp3) is 0.353. The van der Waals surface area contributed by atoms with E-state index >= 15 is 0 Å². The molecule has 6 nitrogen and oxygen atoms in total. The molecule has 0 fully saturated rings. The quantitative estimate of drug-likeness (QED) is 0.687. The number of aromatic nitrogens is 2. The summed E-state index contributed by atoms with van der Waals surface area (Å²) in [4.78, 5) is 29.4. The number of halogens is 1. The van der Waals surface area contributed by atoms with Gasteiger partial charge in [0.05, 0.1) is 13.2 Å². The van der Waals surface area contributed by atoms with Crippen LogP contribution in [0.2, 0.25) is 0 Å². The summed E-state index contributed by atoms with van der Waals surface area (Å²) >= 11 is 4.89. The van der Waals surface area contributed by atoms with Gasteiger partial charge in [0, 0.05) is 17.7 Å². The molecule has 2 aromatic rings. The van der Waals surface area contributed by atoms with Gasteiger partial charge >= 0.3 is 0 Å². The van der Waals surface area contributed by atoms with E-state index in [1.807, 2.05) is 0 Å². The highest BCUT2D eigenvalue weighted by Crippen LogP contribution is 2.21. The summed E-state index contributed by atoms with van der Waals surface area (Å²) in [5, 5.41) is 2.79. The Bertz CT molecular complexity index is 891. The van der Waals surface area contributed by atoms with E-state index in [9.17, 15) is 14.0 Å². The van der Waals surface area contributed by atoms with Crippen LogP contribution in [0.1, 0.15) is 36.2 Å². The van der Waals surface area contributed by atoms with E-state index in [0.717, 1.165) is 0 Å². The maximum absolute atomic E-state index is 13.8. The van der Waals surface area contributed by atoms with Crippen molar-refractivity contribution in [1.29, 1.82) is 0 Å². The van der Waals surface area contributed by atoms with Gasteiger partial charge in [-0.3, -0.25) is 14.6 Å². The molecule has 134 valence electrons. The highest BCUT2D eigenvalue weighted by atomic mass is 32.1. The van der Waals surface area contributed by atoms with Crippen molar-refractivity contribution in [2.45, 2.75) is 32.7 Å². The predicted octanol–water partition coefficient (Wildman–Crippen LogP) is 2.70. The summed E-state index contributed by atoms with van der Waals surface area (Å²) in [6.07, 6.45) is 0.417. The number of aromatic amines is 2. The normalized spacial score (nSPS) is 11.8. The van der Waals surface area contributed by atoms with E-state index in [0.29, 0.717) is 16.8 Å². The van der Waals surface area contributed by atoms with Crippen LogP contribution in [0.25, 0.3) is 0 Å². The molecule has 0 aliphatic rings. The minimum Gasteiger partial charge on any atom is -0.494 e. The number of nitrogens with one attached hydrogen (secondary N) is 3. The Hall–Kier alpha value is -2.48. The molecule has 1 amide bonds. The minimum absolute atomic E-state index is 0.136. The van der Waals surface area contributed by atoms with Crippen LogP contribution in [0.3, 0.4) is 0 Å². The maximum Gasteiger partial charge on any atom is 0.255 e. The number of carbonyl (C=O) groups excluding carboxylic acids is 1. The molecule has 1 aromatic heterocycles. The number of benzene rings is 1. The van der Waals surface area contributed by atoms with E-state index in [2.05, 4.69) is 15.3 Å². The average Bonchev–Trinajstić information content (AvgIpc) is 2.53. The van der Waals surface area contributed by atoms with E-state index in [1.54, 1.807) is 19.9 Å². The molecule has 0 unspecified atom stereocenters. The van der Waals surface area contributed by atoms with Crippen LogP contribution in [0.15, 0.2) is 23.0 Å². The zero-order chi connectivity index (χ0) is 18.6. The van der Waals surface area contributed by atoms with E-state index in [1.165, 1.54) is 19.2 Å². The highest BCUT2D eigenvalue weighted by molar-refractivity contribution is 7.71. The Labute approximate surface area is 149 Å². The van der Waals surface area contributed by atoms with E-state index in [-0.39, 0.29) is 40.9 Å². The standard InChI is InChI=1S/C17H20FN3O3S/c1-9(11-4-6-14(24-3)13(18)8-11)19-15(22)7-5-12-10(2)20-17(25)21-16(12)23/h4,6,8-9H,5,7H2,1-3H3,(H,19,22)(H2,20,21,23,25)/t9-/m1/s1. The molecule has 0 radical (unpaired) electrons. The smallest absolute Gasteiger partial charge is 0.255 e. The van der Waals surface area contributed by atoms with Crippen molar-refractivity contribution in [3.8, 4) is 5.75 Å². The Morgan fingerprint density at radius 1 is 1.40 bits per heavy atom. The monoisotopic (exact) mass is 365 g/mol. The molecule has 25 heavy (non-hydrogen) atoms. The number of carbonyl (C=O) groups is 1. The summed E-state index contributed by atoms with van der Waals surface area (Å²) in [6, 6.07) is 4.17. The molecule has 2 rings (SSSR count). The molecule has 0 spiro atoms. The summed E-state index contributed by atoms with van der Waals surface area (Å²) in [5.41, 5.74) is 1.47. The van der Waals surface area contributed by atoms with Crippen LogP contribution in [0, 0.1) is 17.5 Å². The molecular formula is C17H20FN3O3S. The van der Waals surface area contributed by atoms with Gasteiger partial charge in [-0.15, -0.1) is 0 Å². The second-order valence-corrected chi connectivity index (χ2v) is 6.10. The SMILES string of the molecule is COc1ccc([C@@H](C)NC(=O)CCc2c(C)[nH]c(=S)[nH]c2=O)cc1F. The fourth-order valence-electron chi connectivity index (χ4n) is 2.51. The number of aryl methyl sites for hydroxylation is 1. The molecule has 1 atom stereocenters. The average molecular weight is 365 g/mol. The molecule has 1 aromatic carbocycles. The largest absolute Gasteiger partial charge is 0.494 e. The van der Waals surface area contributed by atoms with E-state index < -0.39 is 5.82 Å².